The van der Waals surface area contributed by atoms with Gasteiger partial charge in [-0.3, -0.25) is 4.79 Å². The Hall–Kier alpha value is -2.96. The average Bonchev–Trinajstić information content (AvgIpc) is 3.14. The number of aromatic nitrogens is 2. The molecule has 0 atom stereocenters. The molecule has 1 aromatic heterocycles. The van der Waals surface area contributed by atoms with E-state index in [0.29, 0.717) is 17.0 Å². The van der Waals surface area contributed by atoms with Crippen molar-refractivity contribution in [2.75, 3.05) is 20.2 Å². The lowest BCUT2D eigenvalue weighted by Crippen LogP contribution is -2.27. The molecule has 130 valence electrons. The van der Waals surface area contributed by atoms with Crippen molar-refractivity contribution in [2.24, 2.45) is 0 Å². The van der Waals surface area contributed by atoms with Crippen LogP contribution in [0.15, 0.2) is 30.3 Å². The summed E-state index contributed by atoms with van der Waals surface area (Å²) in [6.07, 6.45) is 2.07. The van der Waals surface area contributed by atoms with Gasteiger partial charge < -0.3 is 14.4 Å². The zero-order valence-electron chi connectivity index (χ0n) is 14.2. The van der Waals surface area contributed by atoms with Crippen molar-refractivity contribution >= 4 is 11.9 Å². The standard InChI is InChI=1S/C18H19N3O4/c1-12-10-15(17(23)24-2)20-18(19-12)25-14-7-5-6-13(11-14)16(22)21-8-3-4-9-21/h5-7,10-11H,3-4,8-9H2,1-2H3. The SMILES string of the molecule is COC(=O)c1cc(C)nc(Oc2cccc(C(=O)N3CCCC3)c2)n1. The van der Waals surface area contributed by atoms with Crippen molar-refractivity contribution in [2.45, 2.75) is 19.8 Å². The van der Waals surface area contributed by atoms with E-state index in [4.69, 9.17) is 4.74 Å². The van der Waals surface area contributed by atoms with Crippen molar-refractivity contribution in [3.05, 3.63) is 47.3 Å². The number of ether oxygens (including phenoxy) is 2. The first kappa shape index (κ1) is 16.9. The number of amides is 1. The van der Waals surface area contributed by atoms with Crippen LogP contribution in [0, 0.1) is 6.92 Å². The number of likely N-dealkylation sites (tertiary alicyclic amines) is 1. The van der Waals surface area contributed by atoms with Gasteiger partial charge in [0.25, 0.3) is 5.91 Å². The molecule has 1 aliphatic heterocycles. The monoisotopic (exact) mass is 341 g/mol. The minimum Gasteiger partial charge on any atom is -0.464 e. The molecule has 25 heavy (non-hydrogen) atoms. The summed E-state index contributed by atoms with van der Waals surface area (Å²) in [5, 5.41) is 0. The Morgan fingerprint density at radius 1 is 1.12 bits per heavy atom. The minimum atomic E-state index is -0.562. The van der Waals surface area contributed by atoms with Crippen molar-refractivity contribution in [3.63, 3.8) is 0 Å². The third-order valence-electron chi connectivity index (χ3n) is 3.91. The number of benzene rings is 1. The van der Waals surface area contributed by atoms with Crippen LogP contribution in [0.2, 0.25) is 0 Å². The molecule has 1 aliphatic rings. The third kappa shape index (κ3) is 3.93. The molecule has 0 aliphatic carbocycles. The second-order valence-corrected chi connectivity index (χ2v) is 5.80. The smallest absolute Gasteiger partial charge is 0.356 e. The summed E-state index contributed by atoms with van der Waals surface area (Å²) >= 11 is 0. The van der Waals surface area contributed by atoms with E-state index >= 15 is 0 Å². The largest absolute Gasteiger partial charge is 0.464 e. The molecule has 7 heteroatoms. The zero-order chi connectivity index (χ0) is 17.8. The molecule has 0 bridgehead atoms. The van der Waals surface area contributed by atoms with Crippen LogP contribution in [0.4, 0.5) is 0 Å². The van der Waals surface area contributed by atoms with Crippen molar-refractivity contribution in [1.29, 1.82) is 0 Å². The lowest BCUT2D eigenvalue weighted by molar-refractivity contribution is 0.0592. The highest BCUT2D eigenvalue weighted by Crippen LogP contribution is 2.22. The maximum atomic E-state index is 12.5. The van der Waals surface area contributed by atoms with Gasteiger partial charge in [0.05, 0.1) is 7.11 Å². The molecule has 0 spiro atoms. The molecule has 7 nitrogen and oxygen atoms in total. The summed E-state index contributed by atoms with van der Waals surface area (Å²) in [7, 11) is 1.29. The van der Waals surface area contributed by atoms with Crippen LogP contribution >= 0.6 is 0 Å². The summed E-state index contributed by atoms with van der Waals surface area (Å²) in [4.78, 5) is 34.1. The van der Waals surface area contributed by atoms with E-state index in [1.54, 1.807) is 31.2 Å². The Kier molecular flexibility index (Phi) is 4.92. The summed E-state index contributed by atoms with van der Waals surface area (Å²) in [5.74, 6) is -0.136. The van der Waals surface area contributed by atoms with Gasteiger partial charge >= 0.3 is 12.0 Å². The highest BCUT2D eigenvalue weighted by Gasteiger charge is 2.20. The summed E-state index contributed by atoms with van der Waals surface area (Å²) in [6.45, 7) is 3.30. The topological polar surface area (TPSA) is 81.6 Å². The number of esters is 1. The summed E-state index contributed by atoms with van der Waals surface area (Å²) in [6, 6.07) is 8.42. The van der Waals surface area contributed by atoms with Crippen molar-refractivity contribution < 1.29 is 19.1 Å². The van der Waals surface area contributed by atoms with Crippen LogP contribution in [0.25, 0.3) is 0 Å². The van der Waals surface area contributed by atoms with Gasteiger partial charge in [0, 0.05) is 24.3 Å². The second kappa shape index (κ2) is 7.29. The van der Waals surface area contributed by atoms with Crippen LogP contribution in [-0.4, -0.2) is 46.9 Å². The molecule has 0 saturated carbocycles. The van der Waals surface area contributed by atoms with Gasteiger partial charge in [-0.05, 0) is 44.0 Å². The molecule has 0 N–H and O–H groups in total. The van der Waals surface area contributed by atoms with Crippen LogP contribution in [0.5, 0.6) is 11.8 Å². The maximum absolute atomic E-state index is 12.5. The molecule has 0 radical (unpaired) electrons. The van der Waals surface area contributed by atoms with E-state index in [9.17, 15) is 9.59 Å². The first-order valence-electron chi connectivity index (χ1n) is 8.08. The van der Waals surface area contributed by atoms with Gasteiger partial charge in [0.2, 0.25) is 0 Å². The predicted octanol–water partition coefficient (Wildman–Crippen LogP) is 2.60. The average molecular weight is 341 g/mol. The van der Waals surface area contributed by atoms with Gasteiger partial charge in [-0.25, -0.2) is 9.78 Å². The second-order valence-electron chi connectivity index (χ2n) is 5.80. The number of nitrogens with zero attached hydrogens (tertiary/aromatic N) is 3. The molecule has 2 heterocycles. The highest BCUT2D eigenvalue weighted by molar-refractivity contribution is 5.94. The lowest BCUT2D eigenvalue weighted by Gasteiger charge is -2.15. The zero-order valence-corrected chi connectivity index (χ0v) is 14.2. The fraction of sp³-hybridized carbons (Fsp3) is 0.333. The summed E-state index contributed by atoms with van der Waals surface area (Å²) < 4.78 is 10.3. The van der Waals surface area contributed by atoms with Crippen LogP contribution in [0.3, 0.4) is 0 Å². The highest BCUT2D eigenvalue weighted by atomic mass is 16.5. The van der Waals surface area contributed by atoms with Crippen LogP contribution in [0.1, 0.15) is 39.4 Å². The molecule has 1 saturated heterocycles. The number of hydrogen-bond acceptors (Lipinski definition) is 6. The fourth-order valence-corrected chi connectivity index (χ4v) is 2.70. The molecular weight excluding hydrogens is 322 g/mol. The number of rotatable bonds is 4. The minimum absolute atomic E-state index is 0.0108. The van der Waals surface area contributed by atoms with Gasteiger partial charge in [-0.1, -0.05) is 6.07 Å². The van der Waals surface area contributed by atoms with E-state index in [2.05, 4.69) is 14.7 Å². The number of methoxy groups -OCH3 is 1. The third-order valence-corrected chi connectivity index (χ3v) is 3.91. The number of carbonyl (C=O) groups excluding carboxylic acids is 2. The Balaban J connectivity index is 1.81. The van der Waals surface area contributed by atoms with E-state index < -0.39 is 5.97 Å². The lowest BCUT2D eigenvalue weighted by atomic mass is 10.2. The molecule has 1 amide bonds. The van der Waals surface area contributed by atoms with Crippen molar-refractivity contribution in [3.8, 4) is 11.8 Å². The van der Waals surface area contributed by atoms with Gasteiger partial charge in [0.15, 0.2) is 5.69 Å². The number of aryl methyl sites for hydroxylation is 1. The van der Waals surface area contributed by atoms with Gasteiger partial charge in [-0.15, -0.1) is 0 Å². The molecule has 2 aromatic rings. The normalized spacial score (nSPS) is 13.6. The predicted molar refractivity (Wildman–Crippen MR) is 89.8 cm³/mol. The number of carbonyl (C=O) groups is 2. The van der Waals surface area contributed by atoms with Crippen molar-refractivity contribution in [1.82, 2.24) is 14.9 Å². The number of hydrogen-bond donors (Lipinski definition) is 0. The quantitative estimate of drug-likeness (QED) is 0.795. The van der Waals surface area contributed by atoms with E-state index in [1.807, 2.05) is 4.90 Å². The van der Waals surface area contributed by atoms with E-state index in [1.165, 1.54) is 13.2 Å². The Bertz CT molecular complexity index is 801. The van der Waals surface area contributed by atoms with E-state index in [0.717, 1.165) is 25.9 Å². The molecule has 0 unspecified atom stereocenters. The Labute approximate surface area is 145 Å². The van der Waals surface area contributed by atoms with Crippen LogP contribution in [-0.2, 0) is 4.74 Å². The molecular formula is C18H19N3O4. The first-order chi connectivity index (χ1) is 12.1. The van der Waals surface area contributed by atoms with Gasteiger partial charge in [0.1, 0.15) is 5.75 Å². The van der Waals surface area contributed by atoms with Gasteiger partial charge in [-0.2, -0.15) is 4.98 Å². The summed E-state index contributed by atoms with van der Waals surface area (Å²) in [5.41, 5.74) is 1.25. The Morgan fingerprint density at radius 3 is 2.60 bits per heavy atom. The van der Waals surface area contributed by atoms with E-state index in [-0.39, 0.29) is 17.6 Å². The molecule has 3 rings (SSSR count). The Morgan fingerprint density at radius 2 is 1.88 bits per heavy atom. The van der Waals surface area contributed by atoms with Crippen LogP contribution < -0.4 is 4.74 Å². The maximum Gasteiger partial charge on any atom is 0.356 e. The molecule has 1 fully saturated rings. The fourth-order valence-electron chi connectivity index (χ4n) is 2.70. The first-order valence-corrected chi connectivity index (χ1v) is 8.08. The molecule has 1 aromatic carbocycles.